The standard InChI is InChI=1S/C16H36N.C12H14N2O8S/c1-5-9-13-17(14-10-6-2,15-11-7-3)16-12-8-4;15-11(13-7-8-23(19,20)21)5-6-12(16)22-10-3-1-9(2-4-10)14(17)18/h5-16H2,1-4H3;1-4H,5-8H2,(H,13,15)(H,19,20,21)/q+1;/p-1. The van der Waals surface area contributed by atoms with Crippen LogP contribution in [0, 0.1) is 10.1 Å². The summed E-state index contributed by atoms with van der Waals surface area (Å²) in [4.78, 5) is 32.7. The minimum atomic E-state index is -4.41. The van der Waals surface area contributed by atoms with E-state index in [0.29, 0.717) is 0 Å². The van der Waals surface area contributed by atoms with Crippen LogP contribution in [0.3, 0.4) is 0 Å². The van der Waals surface area contributed by atoms with Crippen molar-refractivity contribution < 1.29 is 36.7 Å². The number of rotatable bonds is 20. The lowest BCUT2D eigenvalue weighted by molar-refractivity contribution is -0.929. The van der Waals surface area contributed by atoms with Crippen molar-refractivity contribution in [2.75, 3.05) is 38.5 Å². The van der Waals surface area contributed by atoms with Gasteiger partial charge in [0.05, 0.1) is 53.4 Å². The fourth-order valence-corrected chi connectivity index (χ4v) is 4.43. The fraction of sp³-hybridized carbons (Fsp3) is 0.714. The summed E-state index contributed by atoms with van der Waals surface area (Å²) in [5.41, 5.74) is -0.155. The van der Waals surface area contributed by atoms with E-state index < -0.39 is 32.7 Å². The molecular formula is C28H49N3O8S. The van der Waals surface area contributed by atoms with Crippen molar-refractivity contribution in [3.63, 3.8) is 0 Å². The molecule has 1 amide bonds. The molecule has 0 aromatic heterocycles. The molecule has 11 nitrogen and oxygen atoms in total. The van der Waals surface area contributed by atoms with Gasteiger partial charge >= 0.3 is 5.97 Å². The number of hydrogen-bond acceptors (Lipinski definition) is 8. The maximum absolute atomic E-state index is 11.5. The first-order valence-electron chi connectivity index (χ1n) is 14.4. The van der Waals surface area contributed by atoms with Gasteiger partial charge in [0.25, 0.3) is 5.69 Å². The zero-order chi connectivity index (χ0) is 30.4. The second-order valence-corrected chi connectivity index (χ2v) is 11.5. The third kappa shape index (κ3) is 18.7. The molecule has 0 aliphatic carbocycles. The van der Waals surface area contributed by atoms with Gasteiger partial charge in [-0.25, -0.2) is 8.42 Å². The minimum absolute atomic E-state index is 0.0958. The van der Waals surface area contributed by atoms with Gasteiger partial charge in [0.2, 0.25) is 5.91 Å². The quantitative estimate of drug-likeness (QED) is 0.0561. The Hall–Kier alpha value is -2.57. The number of non-ortho nitro benzene ring substituents is 1. The van der Waals surface area contributed by atoms with Crippen LogP contribution in [0.4, 0.5) is 5.69 Å². The van der Waals surface area contributed by atoms with E-state index in [1.165, 1.54) is 106 Å². The van der Waals surface area contributed by atoms with Gasteiger partial charge in [-0.3, -0.25) is 19.7 Å². The molecule has 230 valence electrons. The fourth-order valence-electron chi connectivity index (χ4n) is 4.08. The van der Waals surface area contributed by atoms with E-state index in [2.05, 4.69) is 33.0 Å². The molecule has 40 heavy (non-hydrogen) atoms. The molecule has 0 bridgehead atoms. The van der Waals surface area contributed by atoms with Crippen LogP contribution in [0.25, 0.3) is 0 Å². The maximum atomic E-state index is 11.5. The van der Waals surface area contributed by atoms with Crippen LogP contribution in [-0.2, 0) is 19.7 Å². The average molecular weight is 588 g/mol. The number of hydrogen-bond donors (Lipinski definition) is 1. The lowest BCUT2D eigenvalue weighted by Crippen LogP contribution is -2.50. The summed E-state index contributed by atoms with van der Waals surface area (Å²) in [6.45, 7) is 14.7. The molecule has 0 aliphatic heterocycles. The van der Waals surface area contributed by atoms with Gasteiger partial charge in [0.1, 0.15) is 5.75 Å². The van der Waals surface area contributed by atoms with Gasteiger partial charge in [-0.1, -0.05) is 53.4 Å². The summed E-state index contributed by atoms with van der Waals surface area (Å²) in [7, 11) is -4.41. The van der Waals surface area contributed by atoms with Crippen molar-refractivity contribution in [3.8, 4) is 5.75 Å². The van der Waals surface area contributed by atoms with Gasteiger partial charge in [-0.05, 0) is 37.8 Å². The molecule has 12 heteroatoms. The van der Waals surface area contributed by atoms with Crippen LogP contribution < -0.4 is 10.1 Å². The molecule has 1 N–H and O–H groups in total. The first-order valence-corrected chi connectivity index (χ1v) is 16.0. The number of carbonyl (C=O) groups is 2. The van der Waals surface area contributed by atoms with Gasteiger partial charge in [0.15, 0.2) is 0 Å². The van der Waals surface area contributed by atoms with Crippen LogP contribution in [0.5, 0.6) is 5.75 Å². The Kier molecular flexibility index (Phi) is 19.9. The Bertz CT molecular complexity index is 931. The van der Waals surface area contributed by atoms with E-state index in [4.69, 9.17) is 4.74 Å². The van der Waals surface area contributed by atoms with E-state index in [1.807, 2.05) is 0 Å². The number of nitro benzene ring substituents is 1. The number of ether oxygens (including phenoxy) is 1. The van der Waals surface area contributed by atoms with Crippen molar-refractivity contribution in [2.24, 2.45) is 0 Å². The number of nitrogens with zero attached hydrogens (tertiary/aromatic N) is 2. The summed E-state index contributed by atoms with van der Waals surface area (Å²) in [6.07, 6.45) is 10.5. The molecule has 0 saturated heterocycles. The van der Waals surface area contributed by atoms with E-state index in [9.17, 15) is 32.7 Å². The van der Waals surface area contributed by atoms with Crippen LogP contribution in [0.15, 0.2) is 24.3 Å². The van der Waals surface area contributed by atoms with E-state index in [0.717, 1.165) is 0 Å². The zero-order valence-corrected chi connectivity index (χ0v) is 25.5. The average Bonchev–Trinajstić information content (AvgIpc) is 2.91. The number of benzene rings is 1. The molecule has 0 fully saturated rings. The van der Waals surface area contributed by atoms with E-state index >= 15 is 0 Å². The van der Waals surface area contributed by atoms with Crippen molar-refractivity contribution in [3.05, 3.63) is 34.4 Å². The number of esters is 1. The zero-order valence-electron chi connectivity index (χ0n) is 24.7. The second kappa shape index (κ2) is 21.2. The highest BCUT2D eigenvalue weighted by atomic mass is 32.2. The SMILES string of the molecule is CCCC[N+](CCCC)(CCCC)CCCC.O=C(CCC(=O)Oc1ccc([N+](=O)[O-])cc1)NCCS(=O)(=O)[O-]. The van der Waals surface area contributed by atoms with Crippen molar-refractivity contribution in [2.45, 2.75) is 91.9 Å². The Labute approximate surface area is 240 Å². The largest absolute Gasteiger partial charge is 0.748 e. The Balaban J connectivity index is 0.000000799. The first kappa shape index (κ1) is 37.4. The summed E-state index contributed by atoms with van der Waals surface area (Å²) >= 11 is 0. The number of nitrogens with one attached hydrogen (secondary N) is 1. The lowest BCUT2D eigenvalue weighted by Gasteiger charge is -2.39. The first-order chi connectivity index (χ1) is 18.9. The maximum Gasteiger partial charge on any atom is 0.311 e. The van der Waals surface area contributed by atoms with Gasteiger partial charge < -0.3 is 19.1 Å². The smallest absolute Gasteiger partial charge is 0.311 e. The third-order valence-corrected chi connectivity index (χ3v) is 7.16. The molecule has 1 rings (SSSR count). The van der Waals surface area contributed by atoms with Crippen molar-refractivity contribution in [1.82, 2.24) is 5.32 Å². The molecule has 0 heterocycles. The van der Waals surface area contributed by atoms with Crippen LogP contribution in [0.1, 0.15) is 91.9 Å². The van der Waals surface area contributed by atoms with Crippen LogP contribution >= 0.6 is 0 Å². The van der Waals surface area contributed by atoms with E-state index in [-0.39, 0.29) is 30.8 Å². The predicted octanol–water partition coefficient (Wildman–Crippen LogP) is 4.95. The van der Waals surface area contributed by atoms with Crippen LogP contribution in [-0.4, -0.2) is 72.7 Å². The Morgan fingerprint density at radius 2 is 1.30 bits per heavy atom. The summed E-state index contributed by atoms with van der Waals surface area (Å²) < 4.78 is 37.3. The van der Waals surface area contributed by atoms with E-state index in [1.54, 1.807) is 0 Å². The van der Waals surface area contributed by atoms with Crippen molar-refractivity contribution in [1.29, 1.82) is 0 Å². The van der Waals surface area contributed by atoms with Gasteiger partial charge in [-0.2, -0.15) is 0 Å². The molecule has 0 unspecified atom stereocenters. The molecule has 1 aromatic carbocycles. The topological polar surface area (TPSA) is 156 Å². The highest BCUT2D eigenvalue weighted by Crippen LogP contribution is 2.18. The third-order valence-electron chi connectivity index (χ3n) is 6.45. The van der Waals surface area contributed by atoms with Gasteiger partial charge in [0, 0.05) is 25.1 Å². The highest BCUT2D eigenvalue weighted by Gasteiger charge is 2.24. The van der Waals surface area contributed by atoms with Gasteiger partial charge in [-0.15, -0.1) is 0 Å². The lowest BCUT2D eigenvalue weighted by atomic mass is 10.1. The van der Waals surface area contributed by atoms with Crippen LogP contribution in [0.2, 0.25) is 0 Å². The Morgan fingerprint density at radius 1 is 0.850 bits per heavy atom. The molecule has 0 radical (unpaired) electrons. The monoisotopic (exact) mass is 587 g/mol. The molecule has 0 aliphatic rings. The number of amides is 1. The Morgan fingerprint density at radius 3 is 1.68 bits per heavy atom. The number of nitro groups is 1. The molecule has 0 atom stereocenters. The number of quaternary nitrogens is 1. The second-order valence-electron chi connectivity index (χ2n) is 9.99. The summed E-state index contributed by atoms with van der Waals surface area (Å²) in [5.74, 6) is -1.97. The molecule has 0 spiro atoms. The summed E-state index contributed by atoms with van der Waals surface area (Å²) in [6, 6.07) is 4.82. The number of unbranched alkanes of at least 4 members (excludes halogenated alkanes) is 4. The van der Waals surface area contributed by atoms with Crippen molar-refractivity contribution >= 4 is 27.7 Å². The summed E-state index contributed by atoms with van der Waals surface area (Å²) in [5, 5.41) is 12.6. The normalized spacial score (nSPS) is 11.3. The molecule has 1 aromatic rings. The molecule has 0 saturated carbocycles. The highest BCUT2D eigenvalue weighted by molar-refractivity contribution is 7.85. The minimum Gasteiger partial charge on any atom is -0.748 e. The molecular weight excluding hydrogens is 538 g/mol. The number of carbonyl (C=O) groups excluding carboxylic acids is 2. The predicted molar refractivity (Wildman–Crippen MR) is 155 cm³/mol.